The lowest BCUT2D eigenvalue weighted by atomic mass is 9.79. The molecule has 0 saturated carbocycles. The van der Waals surface area contributed by atoms with Gasteiger partial charge in [-0.1, -0.05) is 115 Å². The number of epoxide rings is 1. The molecule has 1 heterocycles. The summed E-state index contributed by atoms with van der Waals surface area (Å²) < 4.78 is 6.55. The van der Waals surface area contributed by atoms with Crippen molar-refractivity contribution >= 4 is 5.78 Å². The summed E-state index contributed by atoms with van der Waals surface area (Å²) in [5.74, 6) is 0.0453. The largest absolute Gasteiger partial charge is 0.352 e. The Morgan fingerprint density at radius 2 is 1.10 bits per heavy atom. The molecule has 1 fully saturated rings. The molecule has 4 aromatic rings. The molecule has 5 rings (SSSR count). The third-order valence-electron chi connectivity index (χ3n) is 6.24. The van der Waals surface area contributed by atoms with Gasteiger partial charge in [-0.25, -0.2) is 0 Å². The Balaban J connectivity index is 1.43. The van der Waals surface area contributed by atoms with E-state index in [2.05, 4.69) is 55.5 Å². The Morgan fingerprint density at radius 3 is 1.61 bits per heavy atom. The van der Waals surface area contributed by atoms with Crippen LogP contribution in [0.3, 0.4) is 0 Å². The first-order chi connectivity index (χ1) is 15.1. The van der Waals surface area contributed by atoms with E-state index in [1.165, 1.54) is 11.1 Å². The lowest BCUT2D eigenvalue weighted by Gasteiger charge is -2.19. The molecule has 1 atom stereocenters. The highest BCUT2D eigenvalue weighted by Crippen LogP contribution is 2.61. The molecule has 1 saturated heterocycles. The Hall–Kier alpha value is -3.49. The van der Waals surface area contributed by atoms with Crippen molar-refractivity contribution in [3.05, 3.63) is 143 Å². The van der Waals surface area contributed by atoms with Gasteiger partial charge in [-0.3, -0.25) is 4.79 Å². The first-order valence-electron chi connectivity index (χ1n) is 10.6. The molecule has 152 valence electrons. The van der Waals surface area contributed by atoms with Crippen molar-refractivity contribution in [2.45, 2.75) is 24.5 Å². The molecule has 1 aliphatic rings. The van der Waals surface area contributed by atoms with E-state index in [1.807, 2.05) is 66.7 Å². The van der Waals surface area contributed by atoms with Crippen LogP contribution >= 0.6 is 0 Å². The molecular formula is C29H24O2. The van der Waals surface area contributed by atoms with Crippen molar-refractivity contribution in [2.24, 2.45) is 0 Å². The summed E-state index contributed by atoms with van der Waals surface area (Å²) in [6.45, 7) is 2.18. The van der Waals surface area contributed by atoms with Gasteiger partial charge in [0.25, 0.3) is 0 Å². The summed E-state index contributed by atoms with van der Waals surface area (Å²) in [4.78, 5) is 12.7. The van der Waals surface area contributed by atoms with E-state index in [0.717, 1.165) is 12.0 Å². The van der Waals surface area contributed by atoms with Crippen molar-refractivity contribution in [3.8, 4) is 0 Å². The molecule has 1 aliphatic heterocycles. The molecule has 0 aliphatic carbocycles. The standard InChI is InChI=1S/C29H24O2/c1-28(21-22-17-19-24(20-18-22)27(30)23-11-5-2-6-12-23)29(31-28,25-13-7-3-8-14-25)26-15-9-4-10-16-26/h2-20H,21H2,1H3. The molecule has 2 heteroatoms. The summed E-state index contributed by atoms with van der Waals surface area (Å²) in [5, 5.41) is 0. The SMILES string of the molecule is CC1(Cc2ccc(C(=O)c3ccccc3)cc2)OC1(c1ccccc1)c1ccccc1. The topological polar surface area (TPSA) is 29.6 Å². The lowest BCUT2D eigenvalue weighted by Crippen LogP contribution is -2.25. The van der Waals surface area contributed by atoms with Crippen LogP contribution in [0, 0.1) is 0 Å². The normalized spacial score (nSPS) is 19.0. The maximum absolute atomic E-state index is 12.7. The molecular weight excluding hydrogens is 380 g/mol. The van der Waals surface area contributed by atoms with Gasteiger partial charge in [0.1, 0.15) is 11.2 Å². The van der Waals surface area contributed by atoms with Gasteiger partial charge in [0.2, 0.25) is 0 Å². The fourth-order valence-electron chi connectivity index (χ4n) is 4.63. The van der Waals surface area contributed by atoms with Gasteiger partial charge < -0.3 is 4.74 Å². The number of carbonyl (C=O) groups is 1. The van der Waals surface area contributed by atoms with Crippen LogP contribution in [0.2, 0.25) is 0 Å². The minimum Gasteiger partial charge on any atom is -0.352 e. The van der Waals surface area contributed by atoms with E-state index >= 15 is 0 Å². The third kappa shape index (κ3) is 3.39. The molecule has 2 nitrogen and oxygen atoms in total. The Bertz CT molecular complexity index is 1140. The second kappa shape index (κ2) is 7.64. The van der Waals surface area contributed by atoms with Crippen LogP contribution in [0.4, 0.5) is 0 Å². The van der Waals surface area contributed by atoms with Crippen molar-refractivity contribution in [2.75, 3.05) is 0 Å². The fourth-order valence-corrected chi connectivity index (χ4v) is 4.63. The smallest absolute Gasteiger partial charge is 0.193 e. The molecule has 0 bridgehead atoms. The number of ether oxygens (including phenoxy) is 1. The number of hydrogen-bond donors (Lipinski definition) is 0. The molecule has 1 unspecified atom stereocenters. The van der Waals surface area contributed by atoms with Crippen molar-refractivity contribution in [1.82, 2.24) is 0 Å². The van der Waals surface area contributed by atoms with Crippen LogP contribution in [-0.2, 0) is 16.8 Å². The highest BCUT2D eigenvalue weighted by Gasteiger charge is 2.68. The van der Waals surface area contributed by atoms with E-state index in [-0.39, 0.29) is 11.4 Å². The van der Waals surface area contributed by atoms with Crippen LogP contribution in [0.1, 0.15) is 39.5 Å². The second-order valence-electron chi connectivity index (χ2n) is 8.32. The highest BCUT2D eigenvalue weighted by atomic mass is 16.6. The maximum atomic E-state index is 12.7. The average molecular weight is 405 g/mol. The molecule has 0 spiro atoms. The summed E-state index contributed by atoms with van der Waals surface area (Å²) in [7, 11) is 0. The second-order valence-corrected chi connectivity index (χ2v) is 8.32. The number of carbonyl (C=O) groups excluding carboxylic acids is 1. The van der Waals surface area contributed by atoms with E-state index in [1.54, 1.807) is 0 Å². The molecule has 31 heavy (non-hydrogen) atoms. The number of ketones is 1. The lowest BCUT2D eigenvalue weighted by molar-refractivity contribution is 0.103. The molecule has 0 amide bonds. The maximum Gasteiger partial charge on any atom is 0.193 e. The predicted molar refractivity (Wildman–Crippen MR) is 123 cm³/mol. The van der Waals surface area contributed by atoms with Crippen molar-refractivity contribution < 1.29 is 9.53 Å². The monoisotopic (exact) mass is 404 g/mol. The summed E-state index contributed by atoms with van der Waals surface area (Å²) >= 11 is 0. The van der Waals surface area contributed by atoms with Gasteiger partial charge >= 0.3 is 0 Å². The van der Waals surface area contributed by atoms with E-state index in [0.29, 0.717) is 11.1 Å². The minimum atomic E-state index is -0.464. The van der Waals surface area contributed by atoms with Crippen LogP contribution < -0.4 is 0 Å². The molecule has 0 N–H and O–H groups in total. The van der Waals surface area contributed by atoms with Crippen molar-refractivity contribution in [1.29, 1.82) is 0 Å². The van der Waals surface area contributed by atoms with Gasteiger partial charge in [-0.05, 0) is 23.6 Å². The zero-order valence-corrected chi connectivity index (χ0v) is 17.5. The fraction of sp³-hybridized carbons (Fsp3) is 0.138. The first kappa shape index (κ1) is 19.5. The highest BCUT2D eigenvalue weighted by molar-refractivity contribution is 6.08. The van der Waals surface area contributed by atoms with Crippen LogP contribution in [0.25, 0.3) is 0 Å². The van der Waals surface area contributed by atoms with Gasteiger partial charge in [-0.15, -0.1) is 0 Å². The number of rotatable bonds is 6. The van der Waals surface area contributed by atoms with Gasteiger partial charge in [0.15, 0.2) is 5.78 Å². The van der Waals surface area contributed by atoms with Gasteiger partial charge in [-0.2, -0.15) is 0 Å². The molecule has 4 aromatic carbocycles. The number of hydrogen-bond acceptors (Lipinski definition) is 2. The summed E-state index contributed by atoms with van der Waals surface area (Å²) in [6.07, 6.45) is 0.761. The third-order valence-corrected chi connectivity index (χ3v) is 6.24. The molecule has 0 aromatic heterocycles. The van der Waals surface area contributed by atoms with Crippen molar-refractivity contribution in [3.63, 3.8) is 0 Å². The zero-order valence-electron chi connectivity index (χ0n) is 17.5. The Morgan fingerprint density at radius 1 is 0.645 bits per heavy atom. The minimum absolute atomic E-state index is 0.0453. The Kier molecular flexibility index (Phi) is 4.80. The zero-order chi connectivity index (χ0) is 21.3. The van der Waals surface area contributed by atoms with Crippen LogP contribution in [-0.4, -0.2) is 11.4 Å². The van der Waals surface area contributed by atoms with Crippen LogP contribution in [0.5, 0.6) is 0 Å². The number of benzene rings is 4. The first-order valence-corrected chi connectivity index (χ1v) is 10.6. The summed E-state index contributed by atoms with van der Waals surface area (Å²) in [6, 6.07) is 38.2. The van der Waals surface area contributed by atoms with E-state index < -0.39 is 5.60 Å². The average Bonchev–Trinajstić information content (AvgIpc) is 3.46. The van der Waals surface area contributed by atoms with E-state index in [4.69, 9.17) is 4.74 Å². The van der Waals surface area contributed by atoms with E-state index in [9.17, 15) is 4.79 Å². The Labute approximate surface area is 183 Å². The predicted octanol–water partition coefficient (Wildman–Crippen LogP) is 6.19. The molecule has 0 radical (unpaired) electrons. The summed E-state index contributed by atoms with van der Waals surface area (Å²) in [5.41, 5.74) is 4.07. The van der Waals surface area contributed by atoms with Gasteiger partial charge in [0, 0.05) is 17.5 Å². The van der Waals surface area contributed by atoms with Gasteiger partial charge in [0.05, 0.1) is 0 Å². The van der Waals surface area contributed by atoms with Crippen LogP contribution in [0.15, 0.2) is 115 Å². The quantitative estimate of drug-likeness (QED) is 0.283.